The molecule has 0 heterocycles. The fraction of sp³-hybridized carbons (Fsp3) is 0.692. The molecule has 1 amide bonds. The fourth-order valence-electron chi connectivity index (χ4n) is 2.27. The molecule has 2 atom stereocenters. The van der Waals surface area contributed by atoms with Gasteiger partial charge in [-0.1, -0.05) is 12.8 Å². The first-order valence-electron chi connectivity index (χ1n) is 5.97. The maximum absolute atomic E-state index is 11.6. The summed E-state index contributed by atoms with van der Waals surface area (Å²) in [4.78, 5) is 22.9. The van der Waals surface area contributed by atoms with Crippen LogP contribution in [-0.2, 0) is 9.59 Å². The summed E-state index contributed by atoms with van der Waals surface area (Å²) in [6.45, 7) is 1.71. The Hall–Kier alpha value is -1.50. The summed E-state index contributed by atoms with van der Waals surface area (Å²) in [6, 6.07) is -0.279. The highest BCUT2D eigenvalue weighted by Gasteiger charge is 2.43. The summed E-state index contributed by atoms with van der Waals surface area (Å²) < 4.78 is 0. The van der Waals surface area contributed by atoms with Crippen molar-refractivity contribution in [3.05, 3.63) is 0 Å². The number of hydrogen-bond donors (Lipinski definition) is 2. The van der Waals surface area contributed by atoms with Crippen LogP contribution in [0.3, 0.4) is 0 Å². The lowest BCUT2D eigenvalue weighted by Crippen LogP contribution is -2.52. The van der Waals surface area contributed by atoms with Gasteiger partial charge in [0.25, 0.3) is 0 Å². The lowest BCUT2D eigenvalue weighted by molar-refractivity contribution is -0.152. The largest absolute Gasteiger partial charge is 0.481 e. The number of amides is 1. The predicted octanol–water partition coefficient (Wildman–Crippen LogP) is 1.55. The van der Waals surface area contributed by atoms with Crippen LogP contribution in [0.2, 0.25) is 0 Å². The van der Waals surface area contributed by atoms with Crippen molar-refractivity contribution in [3.63, 3.8) is 0 Å². The number of terminal acetylenes is 1. The third kappa shape index (κ3) is 3.23. The van der Waals surface area contributed by atoms with Gasteiger partial charge in [-0.2, -0.15) is 0 Å². The molecule has 1 aliphatic carbocycles. The molecule has 1 saturated carbocycles. The van der Waals surface area contributed by atoms with E-state index in [0.717, 1.165) is 19.3 Å². The van der Waals surface area contributed by atoms with Gasteiger partial charge in [0.1, 0.15) is 0 Å². The summed E-state index contributed by atoms with van der Waals surface area (Å²) >= 11 is 0. The van der Waals surface area contributed by atoms with Crippen molar-refractivity contribution in [1.82, 2.24) is 5.32 Å². The highest BCUT2D eigenvalue weighted by atomic mass is 16.4. The van der Waals surface area contributed by atoms with E-state index in [4.69, 9.17) is 6.42 Å². The van der Waals surface area contributed by atoms with E-state index in [0.29, 0.717) is 12.8 Å². The molecular weight excluding hydrogens is 218 g/mol. The molecule has 1 aliphatic rings. The molecule has 2 N–H and O–H groups in total. The van der Waals surface area contributed by atoms with Gasteiger partial charge < -0.3 is 10.4 Å². The maximum atomic E-state index is 11.6. The van der Waals surface area contributed by atoms with Crippen molar-refractivity contribution < 1.29 is 14.7 Å². The first kappa shape index (κ1) is 13.6. The summed E-state index contributed by atoms with van der Waals surface area (Å²) in [5.74, 6) is 1.42. The van der Waals surface area contributed by atoms with Gasteiger partial charge >= 0.3 is 5.97 Å². The summed E-state index contributed by atoms with van der Waals surface area (Å²) in [5.41, 5.74) is -0.843. The number of carbonyl (C=O) groups is 2. The molecule has 0 bridgehead atoms. The van der Waals surface area contributed by atoms with Crippen LogP contribution < -0.4 is 5.32 Å². The van der Waals surface area contributed by atoms with Gasteiger partial charge in [0, 0.05) is 18.9 Å². The number of nitrogens with one attached hydrogen (secondary N) is 1. The first-order chi connectivity index (χ1) is 8.00. The molecule has 17 heavy (non-hydrogen) atoms. The van der Waals surface area contributed by atoms with Crippen molar-refractivity contribution in [2.75, 3.05) is 0 Å². The van der Waals surface area contributed by atoms with E-state index >= 15 is 0 Å². The number of rotatable bonds is 4. The Labute approximate surface area is 102 Å². The Morgan fingerprint density at radius 2 is 2.24 bits per heavy atom. The summed E-state index contributed by atoms with van der Waals surface area (Å²) in [6.07, 6.45) is 8.95. The Morgan fingerprint density at radius 1 is 1.53 bits per heavy atom. The molecule has 94 valence electrons. The topological polar surface area (TPSA) is 66.4 Å². The minimum atomic E-state index is -0.843. The number of hydrogen-bond acceptors (Lipinski definition) is 2. The Morgan fingerprint density at radius 3 is 2.82 bits per heavy atom. The average molecular weight is 237 g/mol. The van der Waals surface area contributed by atoms with Crippen LogP contribution >= 0.6 is 0 Å². The maximum Gasteiger partial charge on any atom is 0.311 e. The van der Waals surface area contributed by atoms with E-state index in [1.165, 1.54) is 0 Å². The van der Waals surface area contributed by atoms with Crippen molar-refractivity contribution in [2.45, 2.75) is 51.5 Å². The van der Waals surface area contributed by atoms with Crippen molar-refractivity contribution in [1.29, 1.82) is 0 Å². The molecule has 0 aromatic carbocycles. The summed E-state index contributed by atoms with van der Waals surface area (Å²) in [5, 5.41) is 12.1. The molecule has 0 radical (unpaired) electrons. The normalized spacial score (nSPS) is 28.1. The molecule has 4 nitrogen and oxygen atoms in total. The molecule has 2 unspecified atom stereocenters. The van der Waals surface area contributed by atoms with E-state index in [9.17, 15) is 14.7 Å². The van der Waals surface area contributed by atoms with Crippen molar-refractivity contribution >= 4 is 11.9 Å². The second kappa shape index (κ2) is 5.72. The van der Waals surface area contributed by atoms with Crippen LogP contribution in [0.5, 0.6) is 0 Å². The first-order valence-corrected chi connectivity index (χ1v) is 5.97. The van der Waals surface area contributed by atoms with E-state index in [1.54, 1.807) is 6.92 Å². The van der Waals surface area contributed by atoms with E-state index in [-0.39, 0.29) is 18.4 Å². The van der Waals surface area contributed by atoms with Gasteiger partial charge in [0.15, 0.2) is 0 Å². The summed E-state index contributed by atoms with van der Waals surface area (Å²) in [7, 11) is 0. The lowest BCUT2D eigenvalue weighted by atomic mass is 9.71. The van der Waals surface area contributed by atoms with Gasteiger partial charge in [0.2, 0.25) is 5.91 Å². The third-order valence-corrected chi connectivity index (χ3v) is 3.53. The monoisotopic (exact) mass is 237 g/mol. The number of carboxylic acid groups (broad SMARTS) is 1. The van der Waals surface area contributed by atoms with E-state index in [2.05, 4.69) is 11.2 Å². The van der Waals surface area contributed by atoms with Gasteiger partial charge in [0.05, 0.1) is 5.41 Å². The number of carboxylic acids is 1. The van der Waals surface area contributed by atoms with Crippen molar-refractivity contribution in [2.24, 2.45) is 5.41 Å². The second-order valence-electron chi connectivity index (χ2n) is 4.79. The Kier molecular flexibility index (Phi) is 4.56. The number of carbonyl (C=O) groups excluding carboxylic acids is 1. The minimum Gasteiger partial charge on any atom is -0.481 e. The van der Waals surface area contributed by atoms with Crippen LogP contribution in [0, 0.1) is 17.8 Å². The van der Waals surface area contributed by atoms with E-state index in [1.807, 2.05) is 0 Å². The molecular formula is C13H19NO3. The quantitative estimate of drug-likeness (QED) is 0.729. The third-order valence-electron chi connectivity index (χ3n) is 3.53. The smallest absolute Gasteiger partial charge is 0.311 e. The SMILES string of the molecule is C#CCCC(=O)NC1CCCCC1(C)C(=O)O. The second-order valence-corrected chi connectivity index (χ2v) is 4.79. The van der Waals surface area contributed by atoms with Crippen molar-refractivity contribution in [3.8, 4) is 12.3 Å². The molecule has 1 fully saturated rings. The molecule has 4 heteroatoms. The zero-order chi connectivity index (χ0) is 12.9. The molecule has 0 aliphatic heterocycles. The molecule has 0 aromatic rings. The molecule has 0 saturated heterocycles. The van der Waals surface area contributed by atoms with Gasteiger partial charge in [-0.15, -0.1) is 12.3 Å². The van der Waals surface area contributed by atoms with Crippen LogP contribution in [-0.4, -0.2) is 23.0 Å². The molecule has 0 spiro atoms. The Bertz CT molecular complexity index is 345. The van der Waals surface area contributed by atoms with Gasteiger partial charge in [-0.05, 0) is 19.8 Å². The average Bonchev–Trinajstić information content (AvgIpc) is 2.29. The predicted molar refractivity (Wildman–Crippen MR) is 64.2 cm³/mol. The Balaban J connectivity index is 2.64. The standard InChI is InChI=1S/C13H19NO3/c1-3-4-8-11(15)14-10-7-5-6-9-13(10,2)12(16)17/h1,10H,4-9H2,2H3,(H,14,15)(H,16,17). The molecule has 0 aromatic heterocycles. The van der Waals surface area contributed by atoms with Crippen LogP contribution in [0.4, 0.5) is 0 Å². The zero-order valence-corrected chi connectivity index (χ0v) is 10.2. The van der Waals surface area contributed by atoms with Gasteiger partial charge in [-0.25, -0.2) is 0 Å². The zero-order valence-electron chi connectivity index (χ0n) is 10.2. The van der Waals surface area contributed by atoms with E-state index < -0.39 is 11.4 Å². The lowest BCUT2D eigenvalue weighted by Gasteiger charge is -2.38. The number of aliphatic carboxylic acids is 1. The highest BCUT2D eigenvalue weighted by Crippen LogP contribution is 2.36. The van der Waals surface area contributed by atoms with Crippen LogP contribution in [0.25, 0.3) is 0 Å². The fourth-order valence-corrected chi connectivity index (χ4v) is 2.27. The highest BCUT2D eigenvalue weighted by molar-refractivity contribution is 5.80. The minimum absolute atomic E-state index is 0.151. The van der Waals surface area contributed by atoms with Crippen LogP contribution in [0.15, 0.2) is 0 Å². The van der Waals surface area contributed by atoms with Gasteiger partial charge in [-0.3, -0.25) is 9.59 Å². The molecule has 1 rings (SSSR count). The van der Waals surface area contributed by atoms with Crippen LogP contribution in [0.1, 0.15) is 45.4 Å².